The van der Waals surface area contributed by atoms with Crippen LogP contribution in [0, 0.1) is 13.8 Å². The lowest BCUT2D eigenvalue weighted by Crippen LogP contribution is -2.23. The van der Waals surface area contributed by atoms with Gasteiger partial charge in [-0.05, 0) is 37.1 Å². The number of aryl methyl sites for hydroxylation is 2. The van der Waals surface area contributed by atoms with Gasteiger partial charge in [0, 0.05) is 16.2 Å². The Bertz CT molecular complexity index is 1190. The van der Waals surface area contributed by atoms with Crippen molar-refractivity contribution in [3.05, 3.63) is 63.9 Å². The minimum absolute atomic E-state index is 0.0527. The van der Waals surface area contributed by atoms with Crippen LogP contribution >= 0.6 is 11.8 Å². The largest absolute Gasteiger partial charge is 0.349 e. The van der Waals surface area contributed by atoms with Gasteiger partial charge < -0.3 is 4.98 Å². The van der Waals surface area contributed by atoms with Crippen LogP contribution in [0.15, 0.2) is 52.4 Å². The van der Waals surface area contributed by atoms with Crippen molar-refractivity contribution < 1.29 is 0 Å². The van der Waals surface area contributed by atoms with Gasteiger partial charge in [-0.2, -0.15) is 0 Å². The number of hydrogen-bond donors (Lipinski definition) is 1. The number of H-pyrrole nitrogens is 1. The van der Waals surface area contributed by atoms with Gasteiger partial charge in [0.25, 0.3) is 5.56 Å². The van der Waals surface area contributed by atoms with E-state index in [-0.39, 0.29) is 5.56 Å². The van der Waals surface area contributed by atoms with Crippen molar-refractivity contribution in [2.75, 3.05) is 0 Å². The van der Waals surface area contributed by atoms with Gasteiger partial charge in [-0.15, -0.1) is 0 Å². The fraction of sp³-hybridized carbons (Fsp3) is 0.238. The van der Waals surface area contributed by atoms with Gasteiger partial charge in [-0.3, -0.25) is 9.36 Å². The predicted molar refractivity (Wildman–Crippen MR) is 110 cm³/mol. The molecule has 0 unspecified atom stereocenters. The molecule has 4 rings (SSSR count). The molecular formula is C21H21N3OS. The van der Waals surface area contributed by atoms with Crippen LogP contribution in [0.1, 0.15) is 25.0 Å². The first-order valence-corrected chi connectivity index (χ1v) is 9.61. The van der Waals surface area contributed by atoms with Crippen molar-refractivity contribution in [2.45, 2.75) is 38.1 Å². The quantitative estimate of drug-likeness (QED) is 0.412. The Balaban J connectivity index is 2.13. The third-order valence-corrected chi connectivity index (χ3v) is 5.40. The van der Waals surface area contributed by atoms with E-state index >= 15 is 0 Å². The number of nitrogens with one attached hydrogen (secondary N) is 1. The number of para-hydroxylation sites is 1. The second kappa shape index (κ2) is 6.32. The number of nitrogens with zero attached hydrogens (tertiary/aromatic N) is 2. The van der Waals surface area contributed by atoms with Gasteiger partial charge in [0.05, 0.1) is 5.69 Å². The van der Waals surface area contributed by atoms with E-state index in [4.69, 9.17) is 4.98 Å². The van der Waals surface area contributed by atoms with E-state index in [1.54, 1.807) is 16.3 Å². The zero-order valence-electron chi connectivity index (χ0n) is 15.3. The molecular weight excluding hydrogens is 342 g/mol. The van der Waals surface area contributed by atoms with E-state index in [2.05, 4.69) is 37.0 Å². The molecule has 0 aliphatic carbocycles. The number of thioether (sulfide) groups is 1. The average molecular weight is 363 g/mol. The molecule has 0 amide bonds. The van der Waals surface area contributed by atoms with Crippen LogP contribution in [-0.2, 0) is 0 Å². The minimum atomic E-state index is -0.0527. The van der Waals surface area contributed by atoms with Crippen LogP contribution in [0.2, 0.25) is 0 Å². The average Bonchev–Trinajstić information content (AvgIpc) is 2.96. The first-order valence-electron chi connectivity index (χ1n) is 8.73. The summed E-state index contributed by atoms with van der Waals surface area (Å²) in [6.07, 6.45) is 0. The maximum atomic E-state index is 13.4. The SMILES string of the molecule is Cc1ccc(C)c(-n2c(SC(C)C)nc3c([nH]c4ccccc43)c2=O)c1. The molecule has 26 heavy (non-hydrogen) atoms. The molecule has 0 bridgehead atoms. The maximum absolute atomic E-state index is 13.4. The molecule has 0 aliphatic heterocycles. The van der Waals surface area contributed by atoms with Crippen molar-refractivity contribution in [2.24, 2.45) is 0 Å². The van der Waals surface area contributed by atoms with Crippen molar-refractivity contribution in [1.29, 1.82) is 0 Å². The maximum Gasteiger partial charge on any atom is 0.283 e. The summed E-state index contributed by atoms with van der Waals surface area (Å²) < 4.78 is 1.75. The molecule has 0 fully saturated rings. The van der Waals surface area contributed by atoms with Crippen LogP contribution in [0.3, 0.4) is 0 Å². The Kier molecular flexibility index (Phi) is 4.11. The van der Waals surface area contributed by atoms with Crippen LogP contribution in [0.5, 0.6) is 0 Å². The molecule has 0 radical (unpaired) electrons. The second-order valence-corrected chi connectivity index (χ2v) is 8.43. The molecule has 4 nitrogen and oxygen atoms in total. The summed E-state index contributed by atoms with van der Waals surface area (Å²) in [7, 11) is 0. The van der Waals surface area contributed by atoms with E-state index in [9.17, 15) is 4.79 Å². The molecule has 4 aromatic rings. The fourth-order valence-electron chi connectivity index (χ4n) is 3.20. The van der Waals surface area contributed by atoms with Crippen molar-refractivity contribution in [3.63, 3.8) is 0 Å². The Morgan fingerprint density at radius 3 is 2.65 bits per heavy atom. The number of aromatic amines is 1. The van der Waals surface area contributed by atoms with Gasteiger partial charge in [0.15, 0.2) is 5.16 Å². The molecule has 2 heterocycles. The molecule has 0 saturated heterocycles. The number of aromatic nitrogens is 3. The molecule has 0 atom stereocenters. The number of benzene rings is 2. The van der Waals surface area contributed by atoms with E-state index in [0.29, 0.717) is 10.8 Å². The highest BCUT2D eigenvalue weighted by Gasteiger charge is 2.19. The highest BCUT2D eigenvalue weighted by Crippen LogP contribution is 2.29. The lowest BCUT2D eigenvalue weighted by Gasteiger charge is -2.16. The highest BCUT2D eigenvalue weighted by molar-refractivity contribution is 7.99. The zero-order chi connectivity index (χ0) is 18.4. The Morgan fingerprint density at radius 2 is 1.88 bits per heavy atom. The number of hydrogen-bond acceptors (Lipinski definition) is 3. The topological polar surface area (TPSA) is 50.7 Å². The van der Waals surface area contributed by atoms with Crippen LogP contribution < -0.4 is 5.56 Å². The van der Waals surface area contributed by atoms with Gasteiger partial charge in [0.2, 0.25) is 0 Å². The number of fused-ring (bicyclic) bond motifs is 3. The van der Waals surface area contributed by atoms with Gasteiger partial charge in [0.1, 0.15) is 11.0 Å². The highest BCUT2D eigenvalue weighted by atomic mass is 32.2. The Hall–Kier alpha value is -2.53. The Morgan fingerprint density at radius 1 is 1.12 bits per heavy atom. The predicted octanol–water partition coefficient (Wildman–Crippen LogP) is 4.98. The van der Waals surface area contributed by atoms with E-state index < -0.39 is 0 Å². The van der Waals surface area contributed by atoms with Crippen LogP contribution in [0.25, 0.3) is 27.6 Å². The fourth-order valence-corrected chi connectivity index (χ4v) is 4.06. The normalized spacial score (nSPS) is 11.7. The molecule has 132 valence electrons. The third kappa shape index (κ3) is 2.72. The van der Waals surface area contributed by atoms with Crippen molar-refractivity contribution in [3.8, 4) is 5.69 Å². The second-order valence-electron chi connectivity index (χ2n) is 6.89. The monoisotopic (exact) mass is 363 g/mol. The van der Waals surface area contributed by atoms with Gasteiger partial charge in [-0.1, -0.05) is 55.9 Å². The minimum Gasteiger partial charge on any atom is -0.349 e. The lowest BCUT2D eigenvalue weighted by molar-refractivity contribution is 0.809. The van der Waals surface area contributed by atoms with Crippen molar-refractivity contribution >= 4 is 33.7 Å². The van der Waals surface area contributed by atoms with E-state index in [1.807, 2.05) is 38.1 Å². The molecule has 0 spiro atoms. The first-order chi connectivity index (χ1) is 12.5. The van der Waals surface area contributed by atoms with Gasteiger partial charge in [-0.25, -0.2) is 4.98 Å². The van der Waals surface area contributed by atoms with Crippen molar-refractivity contribution in [1.82, 2.24) is 14.5 Å². The lowest BCUT2D eigenvalue weighted by atomic mass is 10.1. The standard InChI is InChI=1S/C21H21N3OS/c1-12(2)26-21-23-18-15-7-5-6-8-16(15)22-19(18)20(25)24(21)17-11-13(3)9-10-14(17)4/h5-12,22H,1-4H3. The summed E-state index contributed by atoms with van der Waals surface area (Å²) in [6, 6.07) is 14.1. The number of rotatable bonds is 3. The summed E-state index contributed by atoms with van der Waals surface area (Å²) in [5.74, 6) is 0. The summed E-state index contributed by atoms with van der Waals surface area (Å²) in [5, 5.41) is 2.04. The molecule has 5 heteroatoms. The molecule has 2 aromatic carbocycles. The first kappa shape index (κ1) is 16.9. The molecule has 0 saturated carbocycles. The van der Waals surface area contributed by atoms with E-state index in [0.717, 1.165) is 38.4 Å². The van der Waals surface area contributed by atoms with Crippen LogP contribution in [-0.4, -0.2) is 19.8 Å². The molecule has 2 aromatic heterocycles. The zero-order valence-corrected chi connectivity index (χ0v) is 16.1. The molecule has 0 aliphatic rings. The van der Waals surface area contributed by atoms with E-state index in [1.165, 1.54) is 0 Å². The molecule has 1 N–H and O–H groups in total. The summed E-state index contributed by atoms with van der Waals surface area (Å²) >= 11 is 1.61. The van der Waals surface area contributed by atoms with Gasteiger partial charge >= 0.3 is 0 Å². The third-order valence-electron chi connectivity index (χ3n) is 4.44. The summed E-state index contributed by atoms with van der Waals surface area (Å²) in [6.45, 7) is 8.30. The smallest absolute Gasteiger partial charge is 0.283 e. The Labute approximate surface area is 156 Å². The summed E-state index contributed by atoms with van der Waals surface area (Å²) in [4.78, 5) is 21.6. The van der Waals surface area contributed by atoms with Crippen LogP contribution in [0.4, 0.5) is 0 Å². The summed E-state index contributed by atoms with van der Waals surface area (Å²) in [5.41, 5.74) is 5.26.